The summed E-state index contributed by atoms with van der Waals surface area (Å²) < 4.78 is 19.9. The molecule has 0 saturated heterocycles. The van der Waals surface area contributed by atoms with Crippen LogP contribution in [0.1, 0.15) is 26.7 Å². The van der Waals surface area contributed by atoms with Crippen molar-refractivity contribution in [3.63, 3.8) is 0 Å². The number of hydrogen-bond donors (Lipinski definition) is 3. The molecule has 0 aromatic heterocycles. The number of phosphoric ester groups is 1. The molecular weight excluding hydrogens is 279 g/mol. The van der Waals surface area contributed by atoms with Crippen LogP contribution in [0.15, 0.2) is 12.2 Å². The van der Waals surface area contributed by atoms with Crippen LogP contribution in [0.4, 0.5) is 0 Å². The molecule has 0 amide bonds. The lowest BCUT2D eigenvalue weighted by atomic mass is 10.4. The van der Waals surface area contributed by atoms with Crippen LogP contribution in [0, 0.1) is 0 Å². The molecule has 19 heavy (non-hydrogen) atoms. The Morgan fingerprint density at radius 2 is 1.58 bits per heavy atom. The summed E-state index contributed by atoms with van der Waals surface area (Å²) in [5.74, 6) is -2.51. The van der Waals surface area contributed by atoms with Crippen LogP contribution in [0.5, 0.6) is 0 Å². The van der Waals surface area contributed by atoms with E-state index < -0.39 is 19.8 Å². The van der Waals surface area contributed by atoms with Gasteiger partial charge in [0.15, 0.2) is 0 Å². The fourth-order valence-corrected chi connectivity index (χ4v) is 1.43. The Morgan fingerprint density at radius 3 is 1.89 bits per heavy atom. The molecule has 0 saturated carbocycles. The molecule has 0 spiro atoms. The molecule has 0 aromatic rings. The van der Waals surface area contributed by atoms with E-state index in [4.69, 9.17) is 15.1 Å². The van der Waals surface area contributed by atoms with Gasteiger partial charge in [0.05, 0.1) is 13.2 Å². The number of carbonyl (C=O) groups is 2. The zero-order valence-electron chi connectivity index (χ0n) is 10.8. The average molecular weight is 298 g/mol. The minimum Gasteiger partial charge on any atom is -0.478 e. The standard InChI is InChI=1S/C6H15O4P.C4H4O4/c1-3-5-6-10-11(7,8)9-4-2;5-3(6)1-2-4(7)8/h3-6H2,1-2H3,(H,7,8);1-2H,(H,5,6)(H,7,8)/b;2-1+. The zero-order valence-corrected chi connectivity index (χ0v) is 11.7. The second kappa shape index (κ2) is 11.9. The minimum atomic E-state index is -3.72. The molecule has 0 aliphatic carbocycles. The summed E-state index contributed by atoms with van der Waals surface area (Å²) in [4.78, 5) is 28.0. The molecule has 0 bridgehead atoms. The third-order valence-electron chi connectivity index (χ3n) is 1.41. The summed E-state index contributed by atoms with van der Waals surface area (Å²) in [5, 5.41) is 15.6. The highest BCUT2D eigenvalue weighted by Gasteiger charge is 2.18. The van der Waals surface area contributed by atoms with Crippen LogP contribution in [0.3, 0.4) is 0 Å². The fourth-order valence-electron chi connectivity index (χ4n) is 0.667. The van der Waals surface area contributed by atoms with Crippen molar-refractivity contribution in [2.24, 2.45) is 0 Å². The van der Waals surface area contributed by atoms with Crippen LogP contribution in [-0.2, 0) is 23.2 Å². The summed E-state index contributed by atoms with van der Waals surface area (Å²) >= 11 is 0. The number of rotatable bonds is 8. The summed E-state index contributed by atoms with van der Waals surface area (Å²) in [5.41, 5.74) is 0. The molecule has 0 rings (SSSR count). The van der Waals surface area contributed by atoms with E-state index in [-0.39, 0.29) is 13.2 Å². The number of hydrogen-bond acceptors (Lipinski definition) is 5. The van der Waals surface area contributed by atoms with E-state index in [0.29, 0.717) is 12.2 Å². The monoisotopic (exact) mass is 298 g/mol. The predicted molar refractivity (Wildman–Crippen MR) is 66.7 cm³/mol. The maximum absolute atomic E-state index is 10.8. The van der Waals surface area contributed by atoms with Crippen LogP contribution in [0.25, 0.3) is 0 Å². The topological polar surface area (TPSA) is 130 Å². The SMILES string of the molecule is CCCCOP(=O)(O)OCC.O=C(O)/C=C/C(=O)O. The van der Waals surface area contributed by atoms with Gasteiger partial charge in [-0.3, -0.25) is 9.05 Å². The highest BCUT2D eigenvalue weighted by atomic mass is 31.2. The van der Waals surface area contributed by atoms with Crippen molar-refractivity contribution >= 4 is 19.8 Å². The molecule has 0 aromatic carbocycles. The van der Waals surface area contributed by atoms with Crippen molar-refractivity contribution in [2.45, 2.75) is 26.7 Å². The van der Waals surface area contributed by atoms with Gasteiger partial charge >= 0.3 is 19.8 Å². The molecule has 0 radical (unpaired) electrons. The molecule has 0 fully saturated rings. The summed E-state index contributed by atoms with van der Waals surface area (Å²) in [6, 6.07) is 0. The second-order valence-electron chi connectivity index (χ2n) is 3.08. The number of phosphoric acid groups is 1. The van der Waals surface area contributed by atoms with Crippen molar-refractivity contribution in [2.75, 3.05) is 13.2 Å². The highest BCUT2D eigenvalue weighted by molar-refractivity contribution is 7.47. The van der Waals surface area contributed by atoms with E-state index in [1.54, 1.807) is 6.92 Å². The van der Waals surface area contributed by atoms with Gasteiger partial charge in [-0.1, -0.05) is 13.3 Å². The van der Waals surface area contributed by atoms with Crippen molar-refractivity contribution in [3.05, 3.63) is 12.2 Å². The minimum absolute atomic E-state index is 0.194. The maximum atomic E-state index is 10.8. The normalized spacial score (nSPS) is 13.4. The van der Waals surface area contributed by atoms with Gasteiger partial charge in [0, 0.05) is 12.2 Å². The number of aliphatic carboxylic acids is 2. The van der Waals surface area contributed by atoms with Crippen molar-refractivity contribution in [1.29, 1.82) is 0 Å². The van der Waals surface area contributed by atoms with Gasteiger partial charge in [-0.15, -0.1) is 0 Å². The Labute approximate surface area is 111 Å². The van der Waals surface area contributed by atoms with E-state index in [9.17, 15) is 14.2 Å². The molecule has 0 aliphatic rings. The first-order valence-corrected chi connectivity index (χ1v) is 7.00. The molecule has 1 atom stereocenters. The molecule has 0 heterocycles. The van der Waals surface area contributed by atoms with Gasteiger partial charge in [-0.2, -0.15) is 0 Å². The average Bonchev–Trinajstić information content (AvgIpc) is 2.27. The van der Waals surface area contributed by atoms with E-state index >= 15 is 0 Å². The van der Waals surface area contributed by atoms with Crippen LogP contribution < -0.4 is 0 Å². The Kier molecular flexibility index (Phi) is 12.6. The van der Waals surface area contributed by atoms with Gasteiger partial charge in [-0.25, -0.2) is 14.2 Å². The van der Waals surface area contributed by atoms with E-state index in [1.165, 1.54) is 0 Å². The quantitative estimate of drug-likeness (QED) is 0.350. The molecular formula is C10H19O8P. The van der Waals surface area contributed by atoms with Crippen molar-refractivity contribution < 1.29 is 38.3 Å². The fraction of sp³-hybridized carbons (Fsp3) is 0.600. The zero-order chi connectivity index (χ0) is 15.3. The van der Waals surface area contributed by atoms with Crippen molar-refractivity contribution in [3.8, 4) is 0 Å². The number of unbranched alkanes of at least 4 members (excludes halogenated alkanes) is 1. The summed E-state index contributed by atoms with van der Waals surface area (Å²) in [6.07, 6.45) is 2.83. The lowest BCUT2D eigenvalue weighted by Crippen LogP contribution is -1.96. The molecule has 0 aliphatic heterocycles. The molecule has 8 nitrogen and oxygen atoms in total. The van der Waals surface area contributed by atoms with Crippen molar-refractivity contribution in [1.82, 2.24) is 0 Å². The lowest BCUT2D eigenvalue weighted by Gasteiger charge is -2.09. The third kappa shape index (κ3) is 19.3. The largest absolute Gasteiger partial charge is 0.478 e. The van der Waals surface area contributed by atoms with Gasteiger partial charge in [0.25, 0.3) is 0 Å². The van der Waals surface area contributed by atoms with E-state index in [1.807, 2.05) is 6.92 Å². The molecule has 3 N–H and O–H groups in total. The first-order valence-electron chi connectivity index (χ1n) is 5.51. The number of carboxylic acids is 2. The van der Waals surface area contributed by atoms with Gasteiger partial charge < -0.3 is 15.1 Å². The number of carboxylic acid groups (broad SMARTS) is 2. The summed E-state index contributed by atoms with van der Waals surface area (Å²) in [6.45, 7) is 4.10. The third-order valence-corrected chi connectivity index (χ3v) is 2.51. The molecule has 1 unspecified atom stereocenters. The lowest BCUT2D eigenvalue weighted by molar-refractivity contribution is -0.134. The first-order chi connectivity index (χ1) is 8.75. The maximum Gasteiger partial charge on any atom is 0.472 e. The van der Waals surface area contributed by atoms with Crippen LogP contribution >= 0.6 is 7.82 Å². The van der Waals surface area contributed by atoms with E-state index in [2.05, 4.69) is 9.05 Å². The Morgan fingerprint density at radius 1 is 1.11 bits per heavy atom. The second-order valence-corrected chi connectivity index (χ2v) is 4.54. The smallest absolute Gasteiger partial charge is 0.472 e. The summed E-state index contributed by atoms with van der Waals surface area (Å²) in [7, 11) is -3.72. The molecule has 9 heteroatoms. The first kappa shape index (κ1) is 20.1. The Hall–Kier alpha value is -1.21. The van der Waals surface area contributed by atoms with Gasteiger partial charge in [-0.05, 0) is 13.3 Å². The van der Waals surface area contributed by atoms with Crippen LogP contribution in [0.2, 0.25) is 0 Å². The Bertz CT molecular complexity index is 322. The highest BCUT2D eigenvalue weighted by Crippen LogP contribution is 2.42. The molecule has 112 valence electrons. The van der Waals surface area contributed by atoms with Gasteiger partial charge in [0.1, 0.15) is 0 Å². The van der Waals surface area contributed by atoms with Gasteiger partial charge in [0.2, 0.25) is 0 Å². The predicted octanol–water partition coefficient (Wildman–Crippen LogP) is 1.65. The van der Waals surface area contributed by atoms with Crippen LogP contribution in [-0.4, -0.2) is 40.3 Å². The van der Waals surface area contributed by atoms with E-state index in [0.717, 1.165) is 12.8 Å². The Balaban J connectivity index is 0.